The number of nitrogens with zero attached hydrogens (tertiary/aromatic N) is 2. The van der Waals surface area contributed by atoms with Crippen molar-refractivity contribution in [2.24, 2.45) is 15.8 Å². The Bertz CT molecular complexity index is 518. The molecule has 86 valence electrons. The zero-order valence-electron chi connectivity index (χ0n) is 8.97. The van der Waals surface area contributed by atoms with Gasteiger partial charge in [0.1, 0.15) is 5.84 Å². The Hall–Kier alpha value is -2.63. The van der Waals surface area contributed by atoms with E-state index >= 15 is 0 Å². The molecule has 1 aromatic rings. The second kappa shape index (κ2) is 4.48. The summed E-state index contributed by atoms with van der Waals surface area (Å²) in [4.78, 5) is 3.62. The van der Waals surface area contributed by atoms with Crippen LogP contribution >= 0.6 is 0 Å². The van der Waals surface area contributed by atoms with E-state index in [1.54, 1.807) is 0 Å². The van der Waals surface area contributed by atoms with Gasteiger partial charge >= 0.3 is 0 Å². The molecule has 4 N–H and O–H groups in total. The van der Waals surface area contributed by atoms with Gasteiger partial charge in [-0.15, -0.1) is 5.10 Å². The van der Waals surface area contributed by atoms with Crippen LogP contribution in [0.2, 0.25) is 0 Å². The van der Waals surface area contributed by atoms with Crippen LogP contribution in [0.15, 0.2) is 52.0 Å². The zero-order valence-corrected chi connectivity index (χ0v) is 8.97. The lowest BCUT2D eigenvalue weighted by atomic mass is 10.2. The standard InChI is InChI=1S/C11H11N5O/c1-14-8(9(12)13)11-16-15-10(17-11)7-5-3-2-4-6-7/h2-6,16H,1H2,(H3,12,13). The van der Waals surface area contributed by atoms with Gasteiger partial charge in [-0.25, -0.2) is 5.43 Å². The molecule has 0 atom stereocenters. The number of rotatable bonds is 3. The minimum Gasteiger partial charge on any atom is -0.417 e. The first-order chi connectivity index (χ1) is 8.22. The molecule has 17 heavy (non-hydrogen) atoms. The molecule has 1 aromatic carbocycles. The summed E-state index contributed by atoms with van der Waals surface area (Å²) in [6.07, 6.45) is 0. The molecule has 0 saturated carbocycles. The topological polar surface area (TPSA) is 95.9 Å². The third-order valence-corrected chi connectivity index (χ3v) is 2.11. The van der Waals surface area contributed by atoms with Crippen LogP contribution < -0.4 is 11.2 Å². The zero-order chi connectivity index (χ0) is 12.3. The summed E-state index contributed by atoms with van der Waals surface area (Å²) in [5, 5.41) is 11.3. The molecule has 0 spiro atoms. The fraction of sp³-hybridized carbons (Fsp3) is 0. The molecule has 0 unspecified atom stereocenters. The van der Waals surface area contributed by atoms with Crippen molar-refractivity contribution in [1.82, 2.24) is 5.43 Å². The fourth-order valence-electron chi connectivity index (χ4n) is 1.33. The molecule has 0 aromatic heterocycles. The summed E-state index contributed by atoms with van der Waals surface area (Å²) in [6, 6.07) is 9.37. The van der Waals surface area contributed by atoms with E-state index in [4.69, 9.17) is 15.9 Å². The lowest BCUT2D eigenvalue weighted by Crippen LogP contribution is -2.17. The molecule has 0 saturated heterocycles. The van der Waals surface area contributed by atoms with Gasteiger partial charge in [0.25, 0.3) is 0 Å². The van der Waals surface area contributed by atoms with Crippen molar-refractivity contribution in [2.45, 2.75) is 0 Å². The van der Waals surface area contributed by atoms with E-state index in [1.165, 1.54) is 0 Å². The smallest absolute Gasteiger partial charge is 0.245 e. The quantitative estimate of drug-likeness (QED) is 0.527. The third-order valence-electron chi connectivity index (χ3n) is 2.11. The number of nitrogens with one attached hydrogen (secondary N) is 2. The number of hydrogen-bond donors (Lipinski definition) is 3. The van der Waals surface area contributed by atoms with Gasteiger partial charge in [-0.3, -0.25) is 10.4 Å². The molecule has 0 radical (unpaired) electrons. The van der Waals surface area contributed by atoms with Crippen molar-refractivity contribution in [3.63, 3.8) is 0 Å². The number of hydrazone groups is 1. The average Bonchev–Trinajstić information content (AvgIpc) is 2.80. The average molecular weight is 229 g/mol. The van der Waals surface area contributed by atoms with Crippen LogP contribution in [-0.2, 0) is 4.74 Å². The maximum Gasteiger partial charge on any atom is 0.245 e. The number of nitrogens with two attached hydrogens (primary N) is 1. The Labute approximate surface area is 98.0 Å². The van der Waals surface area contributed by atoms with Gasteiger partial charge < -0.3 is 10.5 Å². The molecule has 6 heteroatoms. The molecular formula is C11H11N5O. The van der Waals surface area contributed by atoms with E-state index in [1.807, 2.05) is 30.3 Å². The Balaban J connectivity index is 2.25. The second-order valence-corrected chi connectivity index (χ2v) is 3.25. The molecule has 6 nitrogen and oxygen atoms in total. The SMILES string of the molecule is C=NC(C(=N)N)=C1NN=C(c2ccccc2)O1. The van der Waals surface area contributed by atoms with Crippen LogP contribution in [0.5, 0.6) is 0 Å². The van der Waals surface area contributed by atoms with Gasteiger partial charge in [0.05, 0.1) is 0 Å². The number of aliphatic imine (C=N–C) groups is 1. The van der Waals surface area contributed by atoms with E-state index in [0.29, 0.717) is 5.90 Å². The molecule has 0 bridgehead atoms. The first-order valence-electron chi connectivity index (χ1n) is 4.84. The number of amidine groups is 1. The summed E-state index contributed by atoms with van der Waals surface area (Å²) in [6.45, 7) is 3.33. The molecule has 0 amide bonds. The Morgan fingerprint density at radius 3 is 2.71 bits per heavy atom. The van der Waals surface area contributed by atoms with Crippen molar-refractivity contribution < 1.29 is 4.74 Å². The summed E-state index contributed by atoms with van der Waals surface area (Å²) < 4.78 is 5.43. The molecule has 0 aliphatic carbocycles. The van der Waals surface area contributed by atoms with Crippen LogP contribution in [0, 0.1) is 5.41 Å². The van der Waals surface area contributed by atoms with Crippen molar-refractivity contribution in [3.8, 4) is 0 Å². The summed E-state index contributed by atoms with van der Waals surface area (Å²) >= 11 is 0. The first kappa shape index (κ1) is 10.9. The van der Waals surface area contributed by atoms with Gasteiger partial charge in [0, 0.05) is 5.56 Å². The molecular weight excluding hydrogens is 218 g/mol. The monoisotopic (exact) mass is 229 g/mol. The minimum absolute atomic E-state index is 0.139. The van der Waals surface area contributed by atoms with Crippen molar-refractivity contribution in [2.75, 3.05) is 0 Å². The van der Waals surface area contributed by atoms with Crippen molar-refractivity contribution in [1.29, 1.82) is 5.41 Å². The minimum atomic E-state index is -0.230. The van der Waals surface area contributed by atoms with Crippen molar-refractivity contribution >= 4 is 18.5 Å². The maximum absolute atomic E-state index is 7.30. The van der Waals surface area contributed by atoms with Gasteiger partial charge in [-0.2, -0.15) is 0 Å². The van der Waals surface area contributed by atoms with E-state index < -0.39 is 0 Å². The van der Waals surface area contributed by atoms with Crippen molar-refractivity contribution in [3.05, 3.63) is 47.5 Å². The molecule has 0 fully saturated rings. The fourth-order valence-corrected chi connectivity index (χ4v) is 1.33. The Morgan fingerprint density at radius 2 is 2.12 bits per heavy atom. The number of hydrogen-bond acceptors (Lipinski definition) is 5. The van der Waals surface area contributed by atoms with Gasteiger partial charge in [-0.05, 0) is 18.9 Å². The van der Waals surface area contributed by atoms with Crippen LogP contribution in [0.4, 0.5) is 0 Å². The van der Waals surface area contributed by atoms with E-state index in [-0.39, 0.29) is 17.4 Å². The highest BCUT2D eigenvalue weighted by atomic mass is 16.5. The predicted octanol–water partition coefficient (Wildman–Crippen LogP) is 0.774. The molecule has 1 aliphatic rings. The molecule has 1 aliphatic heterocycles. The predicted molar refractivity (Wildman–Crippen MR) is 65.7 cm³/mol. The highest BCUT2D eigenvalue weighted by Crippen LogP contribution is 2.14. The van der Waals surface area contributed by atoms with E-state index in [9.17, 15) is 0 Å². The van der Waals surface area contributed by atoms with E-state index in [2.05, 4.69) is 22.2 Å². The van der Waals surface area contributed by atoms with E-state index in [0.717, 1.165) is 5.56 Å². The summed E-state index contributed by atoms with van der Waals surface area (Å²) in [7, 11) is 0. The van der Waals surface area contributed by atoms with Gasteiger partial charge in [0.15, 0.2) is 5.70 Å². The number of ether oxygens (including phenoxy) is 1. The van der Waals surface area contributed by atoms with Gasteiger partial charge in [0.2, 0.25) is 11.8 Å². The molecule has 2 rings (SSSR count). The normalized spacial score (nSPS) is 16.6. The summed E-state index contributed by atoms with van der Waals surface area (Å²) in [5.41, 5.74) is 8.92. The number of benzene rings is 1. The summed E-state index contributed by atoms with van der Waals surface area (Å²) in [5.74, 6) is 0.390. The third kappa shape index (κ3) is 2.15. The second-order valence-electron chi connectivity index (χ2n) is 3.25. The Morgan fingerprint density at radius 1 is 1.41 bits per heavy atom. The van der Waals surface area contributed by atoms with Crippen LogP contribution in [0.3, 0.4) is 0 Å². The van der Waals surface area contributed by atoms with Gasteiger partial charge in [-0.1, -0.05) is 18.2 Å². The molecule has 1 heterocycles. The highest BCUT2D eigenvalue weighted by Gasteiger charge is 2.20. The Kier molecular flexibility index (Phi) is 2.87. The highest BCUT2D eigenvalue weighted by molar-refractivity contribution is 5.98. The van der Waals surface area contributed by atoms with Crippen LogP contribution in [-0.4, -0.2) is 18.5 Å². The maximum atomic E-state index is 7.30. The lowest BCUT2D eigenvalue weighted by Gasteiger charge is -2.04. The van der Waals surface area contributed by atoms with Crippen LogP contribution in [0.1, 0.15) is 5.56 Å². The lowest BCUT2D eigenvalue weighted by molar-refractivity contribution is 0.412. The largest absolute Gasteiger partial charge is 0.417 e. The van der Waals surface area contributed by atoms with Crippen LogP contribution in [0.25, 0.3) is 0 Å². The first-order valence-corrected chi connectivity index (χ1v) is 4.84.